The lowest BCUT2D eigenvalue weighted by atomic mass is 10.1. The van der Waals surface area contributed by atoms with E-state index in [0.29, 0.717) is 6.42 Å². The highest BCUT2D eigenvalue weighted by atomic mass is 32.1. The number of aromatic nitrogens is 2. The maximum Gasteiger partial charge on any atom is 0.205 e. The third-order valence-electron chi connectivity index (χ3n) is 3.12. The molecule has 2 heterocycles. The molecule has 1 aromatic heterocycles. The molecule has 1 aliphatic rings. The van der Waals surface area contributed by atoms with Crippen LogP contribution < -0.4 is 10.2 Å². The van der Waals surface area contributed by atoms with E-state index >= 15 is 0 Å². The maximum absolute atomic E-state index is 12.8. The van der Waals surface area contributed by atoms with Gasteiger partial charge in [0.1, 0.15) is 11.6 Å². The van der Waals surface area contributed by atoms with Crippen LogP contribution in [0.15, 0.2) is 24.3 Å². The normalized spacial score (nSPS) is 15.7. The van der Waals surface area contributed by atoms with Gasteiger partial charge < -0.3 is 10.2 Å². The van der Waals surface area contributed by atoms with E-state index in [1.165, 1.54) is 23.7 Å². The first-order chi connectivity index (χ1) is 9.31. The molecule has 1 fully saturated rings. The molecule has 0 atom stereocenters. The van der Waals surface area contributed by atoms with E-state index in [0.717, 1.165) is 42.7 Å². The number of halogens is 1. The van der Waals surface area contributed by atoms with Crippen LogP contribution in [0.4, 0.5) is 9.52 Å². The van der Waals surface area contributed by atoms with E-state index in [1.54, 1.807) is 12.1 Å². The molecule has 1 saturated heterocycles. The third-order valence-corrected chi connectivity index (χ3v) is 3.94. The summed E-state index contributed by atoms with van der Waals surface area (Å²) in [7, 11) is 0. The fourth-order valence-corrected chi connectivity index (χ4v) is 2.82. The summed E-state index contributed by atoms with van der Waals surface area (Å²) in [5, 5.41) is 4.30. The van der Waals surface area contributed by atoms with Crippen molar-refractivity contribution in [2.75, 3.05) is 31.1 Å². The topological polar surface area (TPSA) is 41.1 Å². The van der Waals surface area contributed by atoms with Crippen molar-refractivity contribution in [2.24, 2.45) is 0 Å². The highest BCUT2D eigenvalue weighted by molar-refractivity contribution is 7.09. The average molecular weight is 278 g/mol. The zero-order valence-electron chi connectivity index (χ0n) is 10.5. The van der Waals surface area contributed by atoms with Gasteiger partial charge in [-0.1, -0.05) is 12.1 Å². The van der Waals surface area contributed by atoms with Gasteiger partial charge in [0.15, 0.2) is 0 Å². The summed E-state index contributed by atoms with van der Waals surface area (Å²) in [6, 6.07) is 6.50. The molecule has 3 rings (SSSR count). The van der Waals surface area contributed by atoms with Crippen LogP contribution in [0, 0.1) is 5.82 Å². The standard InChI is InChI=1S/C13H15FN4S/c14-11-3-1-10(2-4-11)9-12-16-13(19-17-12)18-7-5-15-6-8-18/h1-4,15H,5-9H2. The maximum atomic E-state index is 12.8. The summed E-state index contributed by atoms with van der Waals surface area (Å²) in [6.07, 6.45) is 0.656. The van der Waals surface area contributed by atoms with Gasteiger partial charge in [-0.05, 0) is 17.7 Å². The molecule has 4 nitrogen and oxygen atoms in total. The number of rotatable bonds is 3. The van der Waals surface area contributed by atoms with Gasteiger partial charge in [-0.25, -0.2) is 9.37 Å². The van der Waals surface area contributed by atoms with Crippen LogP contribution in [0.3, 0.4) is 0 Å². The van der Waals surface area contributed by atoms with Crippen molar-refractivity contribution < 1.29 is 4.39 Å². The molecule has 19 heavy (non-hydrogen) atoms. The quantitative estimate of drug-likeness (QED) is 0.927. The molecular weight excluding hydrogens is 263 g/mol. The summed E-state index contributed by atoms with van der Waals surface area (Å²) in [6.45, 7) is 3.94. The number of benzene rings is 1. The van der Waals surface area contributed by atoms with E-state index < -0.39 is 0 Å². The molecule has 0 spiro atoms. The van der Waals surface area contributed by atoms with Crippen molar-refractivity contribution in [1.82, 2.24) is 14.7 Å². The number of anilines is 1. The zero-order chi connectivity index (χ0) is 13.1. The fourth-order valence-electron chi connectivity index (χ4n) is 2.09. The van der Waals surface area contributed by atoms with Crippen molar-refractivity contribution in [2.45, 2.75) is 6.42 Å². The molecule has 1 aromatic carbocycles. The number of hydrogen-bond donors (Lipinski definition) is 1. The van der Waals surface area contributed by atoms with Crippen molar-refractivity contribution in [1.29, 1.82) is 0 Å². The number of piperazine rings is 1. The Hall–Kier alpha value is -1.53. The average Bonchev–Trinajstić information content (AvgIpc) is 2.91. The molecular formula is C13H15FN4S. The van der Waals surface area contributed by atoms with Crippen LogP contribution >= 0.6 is 11.5 Å². The van der Waals surface area contributed by atoms with Crippen LogP contribution in [0.2, 0.25) is 0 Å². The minimum Gasteiger partial charge on any atom is -0.344 e. The third kappa shape index (κ3) is 3.08. The number of nitrogens with one attached hydrogen (secondary N) is 1. The fraction of sp³-hybridized carbons (Fsp3) is 0.385. The summed E-state index contributed by atoms with van der Waals surface area (Å²) < 4.78 is 17.2. The van der Waals surface area contributed by atoms with Gasteiger partial charge in [0, 0.05) is 44.1 Å². The molecule has 0 saturated carbocycles. The Morgan fingerprint density at radius 1 is 1.21 bits per heavy atom. The smallest absolute Gasteiger partial charge is 0.205 e. The Labute approximate surface area is 115 Å². The molecule has 0 amide bonds. The van der Waals surface area contributed by atoms with Gasteiger partial charge in [0.05, 0.1) is 0 Å². The van der Waals surface area contributed by atoms with E-state index in [1.807, 2.05) is 0 Å². The molecule has 1 N–H and O–H groups in total. The first-order valence-corrected chi connectivity index (χ1v) is 7.11. The molecule has 1 aliphatic heterocycles. The molecule has 0 radical (unpaired) electrons. The largest absolute Gasteiger partial charge is 0.344 e. The van der Waals surface area contributed by atoms with E-state index in [4.69, 9.17) is 0 Å². The van der Waals surface area contributed by atoms with Crippen molar-refractivity contribution >= 4 is 16.7 Å². The van der Waals surface area contributed by atoms with E-state index in [-0.39, 0.29) is 5.82 Å². The highest BCUT2D eigenvalue weighted by Crippen LogP contribution is 2.19. The summed E-state index contributed by atoms with van der Waals surface area (Å²) >= 11 is 1.44. The van der Waals surface area contributed by atoms with Gasteiger partial charge >= 0.3 is 0 Å². The Balaban J connectivity index is 1.68. The van der Waals surface area contributed by atoms with Crippen LogP contribution in [0.25, 0.3) is 0 Å². The van der Waals surface area contributed by atoms with Gasteiger partial charge in [0.2, 0.25) is 5.13 Å². The molecule has 0 aliphatic carbocycles. The second-order valence-corrected chi connectivity index (χ2v) is 5.26. The summed E-state index contributed by atoms with van der Waals surface area (Å²) in [5.41, 5.74) is 1.03. The minimum atomic E-state index is -0.212. The molecule has 100 valence electrons. The lowest BCUT2D eigenvalue weighted by molar-refractivity contribution is 0.588. The van der Waals surface area contributed by atoms with E-state index in [9.17, 15) is 4.39 Å². The van der Waals surface area contributed by atoms with Gasteiger partial charge in [-0.3, -0.25) is 0 Å². The van der Waals surface area contributed by atoms with Crippen LogP contribution in [-0.2, 0) is 6.42 Å². The summed E-state index contributed by atoms with van der Waals surface area (Å²) in [5.74, 6) is 0.599. The zero-order valence-corrected chi connectivity index (χ0v) is 11.3. The predicted molar refractivity (Wildman–Crippen MR) is 74.2 cm³/mol. The molecule has 2 aromatic rings. The van der Waals surface area contributed by atoms with Gasteiger partial charge in [0.25, 0.3) is 0 Å². The SMILES string of the molecule is Fc1ccc(Cc2nsc(N3CCNCC3)n2)cc1. The Kier molecular flexibility index (Phi) is 3.70. The predicted octanol–water partition coefficient (Wildman–Crippen LogP) is 1.68. The van der Waals surface area contributed by atoms with Crippen LogP contribution in [0.5, 0.6) is 0 Å². The Bertz CT molecular complexity index is 534. The number of nitrogens with zero attached hydrogens (tertiary/aromatic N) is 3. The monoisotopic (exact) mass is 278 g/mol. The number of hydrogen-bond acceptors (Lipinski definition) is 5. The van der Waals surface area contributed by atoms with E-state index in [2.05, 4.69) is 19.6 Å². The second-order valence-electron chi connectivity index (χ2n) is 4.53. The Morgan fingerprint density at radius 2 is 1.95 bits per heavy atom. The first-order valence-electron chi connectivity index (χ1n) is 6.34. The van der Waals surface area contributed by atoms with Crippen molar-refractivity contribution in [3.8, 4) is 0 Å². The van der Waals surface area contributed by atoms with Crippen LogP contribution in [0.1, 0.15) is 11.4 Å². The lowest BCUT2D eigenvalue weighted by Gasteiger charge is -2.26. The molecule has 6 heteroatoms. The second kappa shape index (κ2) is 5.63. The summed E-state index contributed by atoms with van der Waals surface area (Å²) in [4.78, 5) is 6.82. The van der Waals surface area contributed by atoms with Crippen molar-refractivity contribution in [3.63, 3.8) is 0 Å². The van der Waals surface area contributed by atoms with Crippen LogP contribution in [-0.4, -0.2) is 35.5 Å². The lowest BCUT2D eigenvalue weighted by Crippen LogP contribution is -2.43. The van der Waals surface area contributed by atoms with Gasteiger partial charge in [-0.2, -0.15) is 4.37 Å². The Morgan fingerprint density at radius 3 is 2.68 bits per heavy atom. The molecule has 0 bridgehead atoms. The first kappa shape index (κ1) is 12.5. The highest BCUT2D eigenvalue weighted by Gasteiger charge is 2.15. The van der Waals surface area contributed by atoms with Gasteiger partial charge in [-0.15, -0.1) is 0 Å². The minimum absolute atomic E-state index is 0.212. The van der Waals surface area contributed by atoms with Crippen molar-refractivity contribution in [3.05, 3.63) is 41.5 Å². The molecule has 0 unspecified atom stereocenters.